The smallest absolute Gasteiger partial charge is 0.254 e. The summed E-state index contributed by atoms with van der Waals surface area (Å²) in [5.41, 5.74) is 2.57. The van der Waals surface area contributed by atoms with Crippen LogP contribution in [0.2, 0.25) is 5.02 Å². The highest BCUT2D eigenvalue weighted by Crippen LogP contribution is 2.21. The van der Waals surface area contributed by atoms with E-state index in [-0.39, 0.29) is 5.91 Å². The van der Waals surface area contributed by atoms with Crippen molar-refractivity contribution < 1.29 is 4.79 Å². The van der Waals surface area contributed by atoms with Gasteiger partial charge in [-0.2, -0.15) is 0 Å². The fourth-order valence-electron chi connectivity index (χ4n) is 2.95. The van der Waals surface area contributed by atoms with Gasteiger partial charge in [-0.05, 0) is 42.7 Å². The highest BCUT2D eigenvalue weighted by atomic mass is 35.5. The zero-order chi connectivity index (χ0) is 18.7. The van der Waals surface area contributed by atoms with Crippen LogP contribution >= 0.6 is 11.6 Å². The Morgan fingerprint density at radius 3 is 2.62 bits per heavy atom. The molecule has 3 rings (SSSR count). The Hall–Kier alpha value is -2.33. The van der Waals surface area contributed by atoms with Gasteiger partial charge < -0.3 is 9.47 Å². The van der Waals surface area contributed by atoms with E-state index in [1.807, 2.05) is 65.0 Å². The molecule has 136 valence electrons. The predicted molar refractivity (Wildman–Crippen MR) is 106 cm³/mol. The number of halogens is 1. The van der Waals surface area contributed by atoms with Crippen molar-refractivity contribution in [2.45, 2.75) is 26.8 Å². The van der Waals surface area contributed by atoms with Crippen LogP contribution in [0.15, 0.2) is 48.5 Å². The van der Waals surface area contributed by atoms with E-state index in [0.717, 1.165) is 23.3 Å². The summed E-state index contributed by atoms with van der Waals surface area (Å²) in [4.78, 5) is 19.6. The predicted octanol–water partition coefficient (Wildman–Crippen LogP) is 4.92. The number of carbonyl (C=O) groups is 1. The summed E-state index contributed by atoms with van der Waals surface area (Å²) in [6, 6.07) is 15.1. The molecule has 0 unspecified atom stereocenters. The van der Waals surface area contributed by atoms with Crippen LogP contribution in [0, 0.1) is 5.92 Å². The van der Waals surface area contributed by atoms with Gasteiger partial charge in [-0.1, -0.05) is 43.6 Å². The molecule has 5 heteroatoms. The first-order valence-corrected chi connectivity index (χ1v) is 9.28. The summed E-state index contributed by atoms with van der Waals surface area (Å²) in [6.07, 6.45) is 0.953. The van der Waals surface area contributed by atoms with Gasteiger partial charge in [0.15, 0.2) is 0 Å². The molecule has 0 fully saturated rings. The average molecular weight is 370 g/mol. The lowest BCUT2D eigenvalue weighted by Crippen LogP contribution is -2.33. The minimum atomic E-state index is 0.0383. The van der Waals surface area contributed by atoms with Crippen molar-refractivity contribution in [1.82, 2.24) is 14.5 Å². The van der Waals surface area contributed by atoms with E-state index in [0.29, 0.717) is 29.6 Å². The second kappa shape index (κ2) is 7.92. The number of aromatic nitrogens is 2. The second-order valence-corrected chi connectivity index (χ2v) is 7.43. The molecule has 4 nitrogen and oxygen atoms in total. The summed E-state index contributed by atoms with van der Waals surface area (Å²) < 4.78 is 2.02. The second-order valence-electron chi connectivity index (χ2n) is 7.00. The topological polar surface area (TPSA) is 38.1 Å². The van der Waals surface area contributed by atoms with Gasteiger partial charge in [-0.3, -0.25) is 4.79 Å². The van der Waals surface area contributed by atoms with Gasteiger partial charge in [0.05, 0.1) is 17.6 Å². The van der Waals surface area contributed by atoms with Crippen LogP contribution in [0.25, 0.3) is 11.0 Å². The van der Waals surface area contributed by atoms with E-state index < -0.39 is 0 Å². The molecule has 0 spiro atoms. The third-order valence-corrected chi connectivity index (χ3v) is 4.79. The Bertz CT molecular complexity index is 902. The number of aryl methyl sites for hydroxylation is 1. The number of carbonyl (C=O) groups excluding carboxylic acids is 1. The Morgan fingerprint density at radius 2 is 1.92 bits per heavy atom. The third kappa shape index (κ3) is 4.07. The van der Waals surface area contributed by atoms with E-state index in [9.17, 15) is 4.79 Å². The van der Waals surface area contributed by atoms with Crippen LogP contribution in [-0.4, -0.2) is 26.9 Å². The molecular weight excluding hydrogens is 346 g/mol. The Balaban J connectivity index is 1.90. The number of fused-ring (bicyclic) bond motifs is 1. The fraction of sp³-hybridized carbons (Fsp3) is 0.333. The van der Waals surface area contributed by atoms with Gasteiger partial charge in [-0.15, -0.1) is 0 Å². The molecule has 1 aromatic heterocycles. The molecule has 0 radical (unpaired) electrons. The van der Waals surface area contributed by atoms with E-state index in [4.69, 9.17) is 16.6 Å². The maximum atomic E-state index is 13.0. The van der Waals surface area contributed by atoms with Crippen molar-refractivity contribution >= 4 is 28.5 Å². The highest BCUT2D eigenvalue weighted by Gasteiger charge is 2.19. The lowest BCUT2D eigenvalue weighted by molar-refractivity contribution is 0.0730. The number of imidazole rings is 1. The Labute approximate surface area is 159 Å². The van der Waals surface area contributed by atoms with Crippen LogP contribution in [0.1, 0.15) is 36.5 Å². The maximum Gasteiger partial charge on any atom is 0.254 e. The van der Waals surface area contributed by atoms with Crippen molar-refractivity contribution in [3.05, 3.63) is 64.9 Å². The first-order valence-electron chi connectivity index (χ1n) is 8.91. The largest absolute Gasteiger partial charge is 0.331 e. The van der Waals surface area contributed by atoms with Crippen molar-refractivity contribution in [1.29, 1.82) is 0 Å². The number of hydrogen-bond acceptors (Lipinski definition) is 2. The lowest BCUT2D eigenvalue weighted by atomic mass is 10.1. The maximum absolute atomic E-state index is 13.0. The van der Waals surface area contributed by atoms with Crippen LogP contribution in [-0.2, 0) is 13.6 Å². The van der Waals surface area contributed by atoms with E-state index in [1.54, 1.807) is 0 Å². The highest BCUT2D eigenvalue weighted by molar-refractivity contribution is 6.31. The fourth-order valence-corrected chi connectivity index (χ4v) is 3.12. The van der Waals surface area contributed by atoms with Gasteiger partial charge in [0, 0.05) is 24.2 Å². The molecule has 0 atom stereocenters. The molecule has 0 N–H and O–H groups in total. The van der Waals surface area contributed by atoms with Crippen LogP contribution in [0.3, 0.4) is 0 Å². The van der Waals surface area contributed by atoms with Crippen molar-refractivity contribution in [2.24, 2.45) is 13.0 Å². The molecule has 2 aromatic carbocycles. The summed E-state index contributed by atoms with van der Waals surface area (Å²) in [5.74, 6) is 1.42. The van der Waals surface area contributed by atoms with Crippen molar-refractivity contribution in [3.8, 4) is 0 Å². The number of benzene rings is 2. The van der Waals surface area contributed by atoms with E-state index in [2.05, 4.69) is 13.8 Å². The molecule has 1 heterocycles. The first-order chi connectivity index (χ1) is 12.5. The summed E-state index contributed by atoms with van der Waals surface area (Å²) in [5, 5.41) is 0.684. The lowest BCUT2D eigenvalue weighted by Gasteiger charge is -2.23. The molecule has 26 heavy (non-hydrogen) atoms. The van der Waals surface area contributed by atoms with Gasteiger partial charge in [-0.25, -0.2) is 4.98 Å². The van der Waals surface area contributed by atoms with Crippen LogP contribution < -0.4 is 0 Å². The summed E-state index contributed by atoms with van der Waals surface area (Å²) in [6.45, 7) is 5.52. The number of hydrogen-bond donors (Lipinski definition) is 0. The standard InChI is InChI=1S/C21H24ClN3O/c1-15(2)11-12-25(21(26)16-7-5-4-6-8-16)14-20-23-18-10-9-17(22)13-19(18)24(20)3/h4-10,13,15H,11-12,14H2,1-3H3. The number of rotatable bonds is 6. The normalized spacial score (nSPS) is 11.3. The number of nitrogens with zero attached hydrogens (tertiary/aromatic N) is 3. The SMILES string of the molecule is CC(C)CCN(Cc1nc2ccc(Cl)cc2n1C)C(=O)c1ccccc1. The summed E-state index contributed by atoms with van der Waals surface area (Å²) in [7, 11) is 1.97. The molecular formula is C21H24ClN3O. The minimum Gasteiger partial charge on any atom is -0.331 e. The van der Waals surface area contributed by atoms with E-state index in [1.165, 1.54) is 0 Å². The van der Waals surface area contributed by atoms with Crippen LogP contribution in [0.4, 0.5) is 0 Å². The van der Waals surface area contributed by atoms with Crippen molar-refractivity contribution in [2.75, 3.05) is 6.54 Å². The summed E-state index contributed by atoms with van der Waals surface area (Å²) >= 11 is 6.12. The van der Waals surface area contributed by atoms with Gasteiger partial charge in [0.2, 0.25) is 0 Å². The van der Waals surface area contributed by atoms with Crippen molar-refractivity contribution in [3.63, 3.8) is 0 Å². The van der Waals surface area contributed by atoms with Gasteiger partial charge >= 0.3 is 0 Å². The molecule has 1 amide bonds. The molecule has 0 aliphatic heterocycles. The molecule has 0 aliphatic rings. The molecule has 0 aliphatic carbocycles. The Kier molecular flexibility index (Phi) is 5.62. The molecule has 0 saturated heterocycles. The minimum absolute atomic E-state index is 0.0383. The monoisotopic (exact) mass is 369 g/mol. The third-order valence-electron chi connectivity index (χ3n) is 4.55. The van der Waals surface area contributed by atoms with Gasteiger partial charge in [0.25, 0.3) is 5.91 Å². The first kappa shape index (κ1) is 18.5. The van der Waals surface area contributed by atoms with E-state index >= 15 is 0 Å². The zero-order valence-electron chi connectivity index (χ0n) is 15.4. The Morgan fingerprint density at radius 1 is 1.19 bits per heavy atom. The average Bonchev–Trinajstić information content (AvgIpc) is 2.94. The van der Waals surface area contributed by atoms with Crippen LogP contribution in [0.5, 0.6) is 0 Å². The van der Waals surface area contributed by atoms with Gasteiger partial charge in [0.1, 0.15) is 5.82 Å². The molecule has 3 aromatic rings. The number of amides is 1. The molecule has 0 bridgehead atoms. The molecule has 0 saturated carbocycles. The zero-order valence-corrected chi connectivity index (χ0v) is 16.2. The quantitative estimate of drug-likeness (QED) is 0.618.